The number of aromatic nitrogens is 2. The maximum Gasteiger partial charge on any atom is 0.126 e. The van der Waals surface area contributed by atoms with Gasteiger partial charge in [0.15, 0.2) is 0 Å². The molecule has 0 aliphatic rings. The van der Waals surface area contributed by atoms with Crippen LogP contribution in [0.5, 0.6) is 0 Å². The van der Waals surface area contributed by atoms with E-state index in [1.165, 1.54) is 5.56 Å². The van der Waals surface area contributed by atoms with Crippen LogP contribution in [-0.4, -0.2) is 9.97 Å². The Morgan fingerprint density at radius 1 is 1.00 bits per heavy atom. The number of hydrogen-bond acceptors (Lipinski definition) is 3. The van der Waals surface area contributed by atoms with Crippen molar-refractivity contribution in [3.63, 3.8) is 0 Å². The first kappa shape index (κ1) is 9.65. The first-order chi connectivity index (χ1) is 7.36. The van der Waals surface area contributed by atoms with Gasteiger partial charge in [0, 0.05) is 18.6 Å². The van der Waals surface area contributed by atoms with Crippen LogP contribution in [0.4, 0.5) is 5.82 Å². The first-order valence-corrected chi connectivity index (χ1v) is 4.94. The number of hydrogen-bond donors (Lipinski definition) is 1. The number of aryl methyl sites for hydroxylation is 2. The molecule has 2 N–H and O–H groups in total. The van der Waals surface area contributed by atoms with Crippen molar-refractivity contribution in [2.24, 2.45) is 0 Å². The van der Waals surface area contributed by atoms with E-state index >= 15 is 0 Å². The van der Waals surface area contributed by atoms with E-state index in [1.807, 2.05) is 36.7 Å². The molecule has 0 unspecified atom stereocenters. The van der Waals surface area contributed by atoms with Crippen LogP contribution in [0, 0.1) is 0 Å². The summed E-state index contributed by atoms with van der Waals surface area (Å²) in [6.07, 6.45) is 7.22. The van der Waals surface area contributed by atoms with E-state index in [-0.39, 0.29) is 0 Å². The van der Waals surface area contributed by atoms with Gasteiger partial charge in [-0.05, 0) is 42.2 Å². The average Bonchev–Trinajstić information content (AvgIpc) is 2.29. The fourth-order valence-electron chi connectivity index (χ4n) is 1.49. The summed E-state index contributed by atoms with van der Waals surface area (Å²) in [5, 5.41) is 0. The highest BCUT2D eigenvalue weighted by Crippen LogP contribution is 2.10. The largest absolute Gasteiger partial charge is 0.383 e. The molecule has 0 aromatic carbocycles. The van der Waals surface area contributed by atoms with Crippen molar-refractivity contribution in [1.82, 2.24) is 9.97 Å². The Hall–Kier alpha value is -1.90. The molecule has 2 heterocycles. The molecule has 2 aromatic heterocycles. The van der Waals surface area contributed by atoms with Crippen LogP contribution in [0.15, 0.2) is 42.9 Å². The zero-order valence-electron chi connectivity index (χ0n) is 8.43. The van der Waals surface area contributed by atoms with Gasteiger partial charge in [0.1, 0.15) is 5.82 Å². The lowest BCUT2D eigenvalue weighted by atomic mass is 10.1. The van der Waals surface area contributed by atoms with Crippen molar-refractivity contribution >= 4 is 5.82 Å². The van der Waals surface area contributed by atoms with Crippen LogP contribution in [-0.2, 0) is 12.8 Å². The predicted molar refractivity (Wildman–Crippen MR) is 60.3 cm³/mol. The molecule has 0 radical (unpaired) electrons. The quantitative estimate of drug-likeness (QED) is 0.820. The monoisotopic (exact) mass is 199 g/mol. The molecule has 76 valence electrons. The normalized spacial score (nSPS) is 10.1. The summed E-state index contributed by atoms with van der Waals surface area (Å²) in [6, 6.07) is 7.97. The second-order valence-electron chi connectivity index (χ2n) is 3.40. The highest BCUT2D eigenvalue weighted by atomic mass is 14.8. The second kappa shape index (κ2) is 4.55. The third-order valence-corrected chi connectivity index (χ3v) is 2.36. The number of pyridine rings is 2. The average molecular weight is 199 g/mol. The van der Waals surface area contributed by atoms with E-state index in [0.717, 1.165) is 18.4 Å². The standard InChI is InChI=1S/C12H13N3/c13-12-11(2-1-7-15-12)4-3-10-5-8-14-9-6-10/h1-2,5-9H,3-4H2,(H2,13,15). The minimum atomic E-state index is 0.631. The maximum absolute atomic E-state index is 5.76. The lowest BCUT2D eigenvalue weighted by Gasteiger charge is -2.03. The van der Waals surface area contributed by atoms with Gasteiger partial charge in [-0.15, -0.1) is 0 Å². The Morgan fingerprint density at radius 2 is 1.80 bits per heavy atom. The smallest absolute Gasteiger partial charge is 0.126 e. The fourth-order valence-corrected chi connectivity index (χ4v) is 1.49. The Kier molecular flexibility index (Phi) is 2.93. The van der Waals surface area contributed by atoms with Crippen molar-refractivity contribution in [3.8, 4) is 0 Å². The van der Waals surface area contributed by atoms with Crippen molar-refractivity contribution in [1.29, 1.82) is 0 Å². The summed E-state index contributed by atoms with van der Waals surface area (Å²) in [5.41, 5.74) is 8.14. The van der Waals surface area contributed by atoms with E-state index in [1.54, 1.807) is 6.20 Å². The van der Waals surface area contributed by atoms with Crippen molar-refractivity contribution in [2.45, 2.75) is 12.8 Å². The molecule has 0 aliphatic carbocycles. The van der Waals surface area contributed by atoms with Gasteiger partial charge < -0.3 is 5.73 Å². The van der Waals surface area contributed by atoms with Gasteiger partial charge in [-0.2, -0.15) is 0 Å². The minimum absolute atomic E-state index is 0.631. The Morgan fingerprint density at radius 3 is 2.53 bits per heavy atom. The van der Waals surface area contributed by atoms with Gasteiger partial charge in [0.05, 0.1) is 0 Å². The SMILES string of the molecule is Nc1ncccc1CCc1ccncc1. The molecule has 2 aromatic rings. The zero-order chi connectivity index (χ0) is 10.5. The Balaban J connectivity index is 2.03. The third-order valence-electron chi connectivity index (χ3n) is 2.36. The van der Waals surface area contributed by atoms with Gasteiger partial charge in [-0.25, -0.2) is 4.98 Å². The van der Waals surface area contributed by atoms with Crippen molar-refractivity contribution in [3.05, 3.63) is 54.0 Å². The highest BCUT2D eigenvalue weighted by molar-refractivity contribution is 5.38. The minimum Gasteiger partial charge on any atom is -0.383 e. The van der Waals surface area contributed by atoms with Crippen LogP contribution in [0.3, 0.4) is 0 Å². The number of nitrogens with zero attached hydrogens (tertiary/aromatic N) is 2. The van der Waals surface area contributed by atoms with E-state index in [9.17, 15) is 0 Å². The second-order valence-corrected chi connectivity index (χ2v) is 3.40. The molecule has 0 saturated carbocycles. The molecule has 0 spiro atoms. The van der Waals surface area contributed by atoms with E-state index in [0.29, 0.717) is 5.82 Å². The summed E-state index contributed by atoms with van der Waals surface area (Å²) in [5.74, 6) is 0.631. The van der Waals surface area contributed by atoms with Gasteiger partial charge >= 0.3 is 0 Å². The molecule has 3 nitrogen and oxygen atoms in total. The predicted octanol–water partition coefficient (Wildman–Crippen LogP) is 1.84. The molecule has 15 heavy (non-hydrogen) atoms. The molecule has 0 amide bonds. The van der Waals surface area contributed by atoms with Crippen LogP contribution in [0.25, 0.3) is 0 Å². The third kappa shape index (κ3) is 2.53. The first-order valence-electron chi connectivity index (χ1n) is 4.94. The zero-order valence-corrected chi connectivity index (χ0v) is 8.43. The highest BCUT2D eigenvalue weighted by Gasteiger charge is 1.99. The molecule has 3 heteroatoms. The van der Waals surface area contributed by atoms with Crippen molar-refractivity contribution in [2.75, 3.05) is 5.73 Å². The Bertz CT molecular complexity index is 426. The topological polar surface area (TPSA) is 51.8 Å². The van der Waals surface area contributed by atoms with E-state index in [4.69, 9.17) is 5.73 Å². The number of nitrogen functional groups attached to an aromatic ring is 1. The number of nitrogens with two attached hydrogens (primary N) is 1. The lowest BCUT2D eigenvalue weighted by molar-refractivity contribution is 0.950. The molecule has 0 fully saturated rings. The molecular weight excluding hydrogens is 186 g/mol. The molecular formula is C12H13N3. The molecule has 2 rings (SSSR count). The molecule has 0 bridgehead atoms. The molecule has 0 saturated heterocycles. The van der Waals surface area contributed by atoms with Gasteiger partial charge in [-0.1, -0.05) is 6.07 Å². The van der Waals surface area contributed by atoms with Crippen LogP contribution in [0.2, 0.25) is 0 Å². The van der Waals surface area contributed by atoms with E-state index in [2.05, 4.69) is 9.97 Å². The van der Waals surface area contributed by atoms with Crippen LogP contribution >= 0.6 is 0 Å². The maximum atomic E-state index is 5.76. The lowest BCUT2D eigenvalue weighted by Crippen LogP contribution is -1.99. The number of anilines is 1. The van der Waals surface area contributed by atoms with Gasteiger partial charge in [0.2, 0.25) is 0 Å². The molecule has 0 atom stereocenters. The van der Waals surface area contributed by atoms with Gasteiger partial charge in [-0.3, -0.25) is 4.98 Å². The summed E-state index contributed by atoms with van der Waals surface area (Å²) >= 11 is 0. The summed E-state index contributed by atoms with van der Waals surface area (Å²) in [6.45, 7) is 0. The summed E-state index contributed by atoms with van der Waals surface area (Å²) in [7, 11) is 0. The summed E-state index contributed by atoms with van der Waals surface area (Å²) in [4.78, 5) is 8.04. The van der Waals surface area contributed by atoms with Crippen LogP contribution < -0.4 is 5.73 Å². The van der Waals surface area contributed by atoms with E-state index < -0.39 is 0 Å². The number of rotatable bonds is 3. The fraction of sp³-hybridized carbons (Fsp3) is 0.167. The molecule has 0 aliphatic heterocycles. The van der Waals surface area contributed by atoms with Gasteiger partial charge in [0.25, 0.3) is 0 Å². The van der Waals surface area contributed by atoms with Crippen molar-refractivity contribution < 1.29 is 0 Å². The Labute approximate surface area is 89.0 Å². The van der Waals surface area contributed by atoms with Crippen LogP contribution in [0.1, 0.15) is 11.1 Å². The summed E-state index contributed by atoms with van der Waals surface area (Å²) < 4.78 is 0.